The highest BCUT2D eigenvalue weighted by Crippen LogP contribution is 2.23. The maximum Gasteiger partial charge on any atom is 0.259 e. The van der Waals surface area contributed by atoms with Crippen molar-refractivity contribution >= 4 is 40.5 Å². The number of para-hydroxylation sites is 2. The van der Waals surface area contributed by atoms with Crippen molar-refractivity contribution < 1.29 is 9.53 Å². The minimum absolute atomic E-state index is 0.0610. The van der Waals surface area contributed by atoms with Gasteiger partial charge >= 0.3 is 0 Å². The van der Waals surface area contributed by atoms with Crippen molar-refractivity contribution in [1.82, 2.24) is 5.43 Å². The van der Waals surface area contributed by atoms with E-state index in [0.717, 1.165) is 5.69 Å². The summed E-state index contributed by atoms with van der Waals surface area (Å²) in [6.07, 6.45) is 0. The minimum Gasteiger partial charge on any atom is -0.495 e. The van der Waals surface area contributed by atoms with E-state index in [0.29, 0.717) is 27.1 Å². The van der Waals surface area contributed by atoms with Gasteiger partial charge in [-0.2, -0.15) is 5.10 Å². The lowest BCUT2D eigenvalue weighted by Gasteiger charge is -2.10. The Morgan fingerprint density at radius 3 is 2.67 bits per heavy atom. The second kappa shape index (κ2) is 8.57. The van der Waals surface area contributed by atoms with Gasteiger partial charge in [0, 0.05) is 10.6 Å². The lowest BCUT2D eigenvalue weighted by Crippen LogP contribution is -2.26. The van der Waals surface area contributed by atoms with Crippen LogP contribution in [0.5, 0.6) is 5.75 Å². The molecule has 5 nitrogen and oxygen atoms in total. The van der Waals surface area contributed by atoms with E-state index >= 15 is 0 Å². The Labute approximate surface area is 150 Å². The number of hydrazone groups is 1. The van der Waals surface area contributed by atoms with Gasteiger partial charge in [-0.3, -0.25) is 4.79 Å². The summed E-state index contributed by atoms with van der Waals surface area (Å²) in [6.45, 7) is 1.81. The summed E-state index contributed by atoms with van der Waals surface area (Å²) in [6, 6.07) is 12.4. The Balaban J connectivity index is 1.94. The van der Waals surface area contributed by atoms with Gasteiger partial charge in [-0.15, -0.1) is 0 Å². The molecule has 7 heteroatoms. The average molecular weight is 366 g/mol. The van der Waals surface area contributed by atoms with E-state index in [-0.39, 0.29) is 12.5 Å². The predicted molar refractivity (Wildman–Crippen MR) is 98.3 cm³/mol. The van der Waals surface area contributed by atoms with Crippen LogP contribution in [0.1, 0.15) is 12.5 Å². The molecular formula is C17H17Cl2N3O2. The number of halogens is 2. The van der Waals surface area contributed by atoms with E-state index in [1.165, 1.54) is 0 Å². The Kier molecular flexibility index (Phi) is 6.46. The van der Waals surface area contributed by atoms with Gasteiger partial charge in [-0.05, 0) is 31.2 Å². The summed E-state index contributed by atoms with van der Waals surface area (Å²) >= 11 is 12.0. The highest BCUT2D eigenvalue weighted by Gasteiger charge is 2.07. The van der Waals surface area contributed by atoms with Gasteiger partial charge in [0.2, 0.25) is 0 Å². The number of nitrogens with zero attached hydrogens (tertiary/aromatic N) is 1. The highest BCUT2D eigenvalue weighted by molar-refractivity contribution is 6.37. The largest absolute Gasteiger partial charge is 0.495 e. The molecule has 0 saturated carbocycles. The smallest absolute Gasteiger partial charge is 0.259 e. The first-order valence-electron chi connectivity index (χ1n) is 7.16. The fourth-order valence-corrected chi connectivity index (χ4v) is 2.54. The molecule has 0 bridgehead atoms. The SMILES string of the molecule is COc1ccccc1NCC(=O)N/N=C(/C)c1ccc(Cl)cc1Cl. The molecule has 0 radical (unpaired) electrons. The van der Waals surface area contributed by atoms with E-state index in [9.17, 15) is 4.79 Å². The van der Waals surface area contributed by atoms with E-state index < -0.39 is 0 Å². The van der Waals surface area contributed by atoms with E-state index in [1.54, 1.807) is 32.2 Å². The first-order chi connectivity index (χ1) is 11.5. The van der Waals surface area contributed by atoms with Gasteiger partial charge in [0.25, 0.3) is 5.91 Å². The molecule has 2 N–H and O–H groups in total. The van der Waals surface area contributed by atoms with E-state index in [4.69, 9.17) is 27.9 Å². The molecule has 0 aromatic heterocycles. The summed E-state index contributed by atoms with van der Waals surface area (Å²) in [5, 5.41) is 8.07. The number of carbonyl (C=O) groups excluding carboxylic acids is 1. The number of hydrogen-bond acceptors (Lipinski definition) is 4. The first kappa shape index (κ1) is 18.1. The van der Waals surface area contributed by atoms with Crippen LogP contribution in [0.15, 0.2) is 47.6 Å². The van der Waals surface area contributed by atoms with Gasteiger partial charge < -0.3 is 10.1 Å². The molecule has 24 heavy (non-hydrogen) atoms. The Hall–Kier alpha value is -2.24. The summed E-state index contributed by atoms with van der Waals surface area (Å²) in [5.74, 6) is 0.378. The highest BCUT2D eigenvalue weighted by atomic mass is 35.5. The van der Waals surface area contributed by atoms with Crippen LogP contribution in [-0.4, -0.2) is 25.3 Å². The van der Waals surface area contributed by atoms with Crippen molar-refractivity contribution in [2.75, 3.05) is 19.0 Å². The van der Waals surface area contributed by atoms with Gasteiger partial charge in [0.05, 0.1) is 30.1 Å². The van der Waals surface area contributed by atoms with E-state index in [1.807, 2.05) is 24.3 Å². The van der Waals surface area contributed by atoms with Crippen LogP contribution in [0.2, 0.25) is 10.0 Å². The first-order valence-corrected chi connectivity index (χ1v) is 7.92. The summed E-state index contributed by atoms with van der Waals surface area (Å²) in [4.78, 5) is 11.9. The minimum atomic E-state index is -0.287. The average Bonchev–Trinajstić information content (AvgIpc) is 2.58. The number of benzene rings is 2. The molecule has 0 aliphatic rings. The van der Waals surface area contributed by atoms with Crippen LogP contribution in [0.25, 0.3) is 0 Å². The molecule has 0 aliphatic heterocycles. The zero-order valence-electron chi connectivity index (χ0n) is 13.3. The van der Waals surface area contributed by atoms with Crippen molar-refractivity contribution in [2.45, 2.75) is 6.92 Å². The van der Waals surface area contributed by atoms with Crippen molar-refractivity contribution in [2.24, 2.45) is 5.10 Å². The third-order valence-corrected chi connectivity index (χ3v) is 3.76. The fraction of sp³-hybridized carbons (Fsp3) is 0.176. The Morgan fingerprint density at radius 1 is 1.21 bits per heavy atom. The predicted octanol–water partition coefficient (Wildman–Crippen LogP) is 3.95. The van der Waals surface area contributed by atoms with Gasteiger partial charge in [0.1, 0.15) is 5.75 Å². The lowest BCUT2D eigenvalue weighted by atomic mass is 10.1. The maximum atomic E-state index is 11.9. The van der Waals surface area contributed by atoms with Gasteiger partial charge in [0.15, 0.2) is 0 Å². The van der Waals surface area contributed by atoms with Crippen LogP contribution >= 0.6 is 23.2 Å². The molecule has 0 aliphatic carbocycles. The number of ether oxygens (including phenoxy) is 1. The number of methoxy groups -OCH3 is 1. The van der Waals surface area contributed by atoms with Crippen molar-refractivity contribution in [3.63, 3.8) is 0 Å². The molecule has 2 aromatic rings. The van der Waals surface area contributed by atoms with Crippen LogP contribution in [0.3, 0.4) is 0 Å². The zero-order chi connectivity index (χ0) is 17.5. The molecule has 0 atom stereocenters. The number of rotatable bonds is 6. The molecule has 2 aromatic carbocycles. The topological polar surface area (TPSA) is 62.7 Å². The molecule has 2 rings (SSSR count). The molecule has 0 heterocycles. The lowest BCUT2D eigenvalue weighted by molar-refractivity contribution is -0.119. The van der Waals surface area contributed by atoms with Crippen LogP contribution < -0.4 is 15.5 Å². The number of hydrogen-bond donors (Lipinski definition) is 2. The van der Waals surface area contributed by atoms with Gasteiger partial charge in [-0.1, -0.05) is 41.4 Å². The fourth-order valence-electron chi connectivity index (χ4n) is 2.00. The summed E-state index contributed by atoms with van der Waals surface area (Å²) in [5.41, 5.74) is 4.51. The molecule has 0 fully saturated rings. The second-order valence-corrected chi connectivity index (χ2v) is 5.75. The molecular weight excluding hydrogens is 349 g/mol. The number of nitrogens with one attached hydrogen (secondary N) is 2. The third kappa shape index (κ3) is 4.88. The molecule has 0 spiro atoms. The van der Waals surface area contributed by atoms with Crippen LogP contribution in [-0.2, 0) is 4.79 Å². The number of anilines is 1. The Morgan fingerprint density at radius 2 is 1.96 bits per heavy atom. The molecule has 1 amide bonds. The van der Waals surface area contributed by atoms with Crippen molar-refractivity contribution in [1.29, 1.82) is 0 Å². The quantitative estimate of drug-likeness (QED) is 0.601. The molecule has 0 saturated heterocycles. The number of amides is 1. The zero-order valence-corrected chi connectivity index (χ0v) is 14.8. The molecule has 0 unspecified atom stereocenters. The maximum absolute atomic E-state index is 11.9. The van der Waals surface area contributed by atoms with Crippen molar-refractivity contribution in [3.05, 3.63) is 58.1 Å². The van der Waals surface area contributed by atoms with Crippen LogP contribution in [0.4, 0.5) is 5.69 Å². The third-order valence-electron chi connectivity index (χ3n) is 3.22. The van der Waals surface area contributed by atoms with Gasteiger partial charge in [-0.25, -0.2) is 5.43 Å². The standard InChI is InChI=1S/C17H17Cl2N3O2/c1-11(13-8-7-12(18)9-14(13)19)21-22-17(23)10-20-15-5-3-4-6-16(15)24-2/h3-9,20H,10H2,1-2H3,(H,22,23)/b21-11-. The molecule has 126 valence electrons. The number of carbonyl (C=O) groups is 1. The second-order valence-electron chi connectivity index (χ2n) is 4.91. The Bertz CT molecular complexity index is 763. The van der Waals surface area contributed by atoms with Crippen molar-refractivity contribution in [3.8, 4) is 5.75 Å². The summed E-state index contributed by atoms with van der Waals surface area (Å²) in [7, 11) is 1.57. The monoisotopic (exact) mass is 365 g/mol. The van der Waals surface area contributed by atoms with Crippen LogP contribution in [0, 0.1) is 0 Å². The van der Waals surface area contributed by atoms with E-state index in [2.05, 4.69) is 15.8 Å². The normalized spacial score (nSPS) is 11.1. The summed E-state index contributed by atoms with van der Waals surface area (Å²) < 4.78 is 5.21.